The van der Waals surface area contributed by atoms with Gasteiger partial charge in [0, 0.05) is 5.69 Å². The zero-order valence-corrected chi connectivity index (χ0v) is 14.2. The summed E-state index contributed by atoms with van der Waals surface area (Å²) in [5, 5.41) is 15.0. The lowest BCUT2D eigenvalue weighted by molar-refractivity contribution is -0.113. The van der Waals surface area contributed by atoms with Crippen molar-refractivity contribution < 1.29 is 9.21 Å². The number of benzene rings is 1. The lowest BCUT2D eigenvalue weighted by atomic mass is 10.1. The Morgan fingerprint density at radius 1 is 1.33 bits per heavy atom. The van der Waals surface area contributed by atoms with Crippen LogP contribution >= 0.6 is 11.8 Å². The van der Waals surface area contributed by atoms with Crippen LogP contribution in [-0.4, -0.2) is 31.9 Å². The third kappa shape index (κ3) is 4.02. The molecular weight excluding hydrogens is 326 g/mol. The van der Waals surface area contributed by atoms with E-state index in [1.807, 2.05) is 44.2 Å². The quantitative estimate of drug-likeness (QED) is 0.693. The van der Waals surface area contributed by atoms with Gasteiger partial charge in [0.15, 0.2) is 0 Å². The SMILES string of the molecule is Cc1ccc(C)c(NC(=O)CSc2nnnn2Cc2ccco2)c1. The molecule has 0 saturated heterocycles. The molecule has 3 rings (SSSR count). The summed E-state index contributed by atoms with van der Waals surface area (Å²) in [7, 11) is 0. The summed E-state index contributed by atoms with van der Waals surface area (Å²) in [4.78, 5) is 12.2. The number of nitrogens with one attached hydrogen (secondary N) is 1. The van der Waals surface area contributed by atoms with E-state index >= 15 is 0 Å². The number of thioether (sulfide) groups is 1. The first-order valence-electron chi connectivity index (χ1n) is 7.40. The van der Waals surface area contributed by atoms with Crippen molar-refractivity contribution in [3.63, 3.8) is 0 Å². The third-order valence-corrected chi connectivity index (χ3v) is 4.34. The normalized spacial score (nSPS) is 10.8. The molecule has 0 spiro atoms. The Morgan fingerprint density at radius 3 is 3.00 bits per heavy atom. The number of hydrogen-bond donors (Lipinski definition) is 1. The molecule has 1 aromatic carbocycles. The fraction of sp³-hybridized carbons (Fsp3) is 0.250. The average Bonchev–Trinajstić information content (AvgIpc) is 3.21. The van der Waals surface area contributed by atoms with Crippen molar-refractivity contribution in [3.05, 3.63) is 53.5 Å². The van der Waals surface area contributed by atoms with E-state index in [1.165, 1.54) is 11.8 Å². The van der Waals surface area contributed by atoms with E-state index in [9.17, 15) is 4.79 Å². The Bertz CT molecular complexity index is 829. The number of furan rings is 1. The van der Waals surface area contributed by atoms with Gasteiger partial charge in [-0.2, -0.15) is 0 Å². The molecule has 0 unspecified atom stereocenters. The molecule has 0 aliphatic carbocycles. The highest BCUT2D eigenvalue weighted by Gasteiger charge is 2.12. The number of tetrazole rings is 1. The molecule has 0 atom stereocenters. The lowest BCUT2D eigenvalue weighted by Gasteiger charge is -2.09. The number of carbonyl (C=O) groups excluding carboxylic acids is 1. The fourth-order valence-electron chi connectivity index (χ4n) is 2.14. The minimum absolute atomic E-state index is 0.0961. The van der Waals surface area contributed by atoms with Crippen LogP contribution in [0.25, 0.3) is 0 Å². The minimum Gasteiger partial charge on any atom is -0.467 e. The second kappa shape index (κ2) is 7.31. The van der Waals surface area contributed by atoms with Gasteiger partial charge in [0.1, 0.15) is 12.3 Å². The van der Waals surface area contributed by atoms with Crippen LogP contribution in [0.15, 0.2) is 46.2 Å². The van der Waals surface area contributed by atoms with E-state index in [2.05, 4.69) is 20.8 Å². The first-order valence-corrected chi connectivity index (χ1v) is 8.39. The maximum atomic E-state index is 12.2. The zero-order chi connectivity index (χ0) is 16.9. The summed E-state index contributed by atoms with van der Waals surface area (Å²) in [6, 6.07) is 9.62. The van der Waals surface area contributed by atoms with E-state index in [0.29, 0.717) is 11.7 Å². The van der Waals surface area contributed by atoms with E-state index in [0.717, 1.165) is 22.6 Å². The number of anilines is 1. The van der Waals surface area contributed by atoms with Gasteiger partial charge >= 0.3 is 0 Å². The smallest absolute Gasteiger partial charge is 0.234 e. The molecule has 0 bridgehead atoms. The van der Waals surface area contributed by atoms with E-state index in [-0.39, 0.29) is 11.7 Å². The van der Waals surface area contributed by atoms with Crippen LogP contribution in [0.4, 0.5) is 5.69 Å². The molecule has 124 valence electrons. The number of carbonyl (C=O) groups is 1. The second-order valence-electron chi connectivity index (χ2n) is 5.35. The summed E-state index contributed by atoms with van der Waals surface area (Å²) < 4.78 is 6.89. The maximum absolute atomic E-state index is 12.2. The molecule has 0 aliphatic heterocycles. The molecule has 0 aliphatic rings. The molecule has 1 amide bonds. The second-order valence-corrected chi connectivity index (χ2v) is 6.30. The Labute approximate surface area is 143 Å². The van der Waals surface area contributed by atoms with Gasteiger partial charge in [-0.05, 0) is 53.6 Å². The van der Waals surface area contributed by atoms with E-state index < -0.39 is 0 Å². The zero-order valence-electron chi connectivity index (χ0n) is 13.4. The summed E-state index contributed by atoms with van der Waals surface area (Å²) in [5.74, 6) is 0.886. The summed E-state index contributed by atoms with van der Waals surface area (Å²) in [6.45, 7) is 4.39. The number of nitrogens with zero attached hydrogens (tertiary/aromatic N) is 4. The van der Waals surface area contributed by atoms with Crippen LogP contribution in [0.2, 0.25) is 0 Å². The Kier molecular flexibility index (Phi) is 4.95. The predicted molar refractivity (Wildman–Crippen MR) is 90.9 cm³/mol. The fourth-order valence-corrected chi connectivity index (χ4v) is 2.81. The number of rotatable bonds is 6. The van der Waals surface area contributed by atoms with Crippen molar-refractivity contribution in [2.75, 3.05) is 11.1 Å². The molecule has 2 aromatic heterocycles. The molecule has 0 saturated carbocycles. The van der Waals surface area contributed by atoms with Crippen molar-refractivity contribution in [3.8, 4) is 0 Å². The first-order chi connectivity index (χ1) is 11.6. The summed E-state index contributed by atoms with van der Waals surface area (Å²) in [5.41, 5.74) is 2.96. The van der Waals surface area contributed by atoms with Gasteiger partial charge in [-0.1, -0.05) is 23.9 Å². The molecule has 7 nitrogen and oxygen atoms in total. The maximum Gasteiger partial charge on any atom is 0.234 e. The van der Waals surface area contributed by atoms with Crippen molar-refractivity contribution >= 4 is 23.4 Å². The average molecular weight is 343 g/mol. The van der Waals surface area contributed by atoms with Gasteiger partial charge in [0.05, 0.1) is 12.0 Å². The Hall–Kier alpha value is -2.61. The van der Waals surface area contributed by atoms with Gasteiger partial charge in [0.2, 0.25) is 11.1 Å². The van der Waals surface area contributed by atoms with Gasteiger partial charge < -0.3 is 9.73 Å². The monoisotopic (exact) mass is 343 g/mol. The summed E-state index contributed by atoms with van der Waals surface area (Å²) in [6.07, 6.45) is 1.60. The van der Waals surface area contributed by atoms with Crippen molar-refractivity contribution in [1.82, 2.24) is 20.2 Å². The molecule has 0 radical (unpaired) electrons. The highest BCUT2D eigenvalue weighted by atomic mass is 32.2. The van der Waals surface area contributed by atoms with Crippen molar-refractivity contribution in [2.45, 2.75) is 25.5 Å². The molecule has 1 N–H and O–H groups in total. The standard InChI is InChI=1S/C16H17N5O2S/c1-11-5-6-12(2)14(8-11)17-15(22)10-24-16-18-19-20-21(16)9-13-4-3-7-23-13/h3-8H,9-10H2,1-2H3,(H,17,22). The Morgan fingerprint density at radius 2 is 2.21 bits per heavy atom. The first kappa shape index (κ1) is 16.3. The highest BCUT2D eigenvalue weighted by Crippen LogP contribution is 2.19. The molecule has 24 heavy (non-hydrogen) atoms. The molecule has 2 heterocycles. The van der Waals surface area contributed by atoms with Crippen LogP contribution in [0.3, 0.4) is 0 Å². The van der Waals surface area contributed by atoms with Crippen LogP contribution in [0, 0.1) is 13.8 Å². The van der Waals surface area contributed by atoms with Crippen LogP contribution in [-0.2, 0) is 11.3 Å². The van der Waals surface area contributed by atoms with Gasteiger partial charge in [-0.25, -0.2) is 4.68 Å². The van der Waals surface area contributed by atoms with Gasteiger partial charge in [-0.3, -0.25) is 4.79 Å². The Balaban J connectivity index is 1.59. The number of aromatic nitrogens is 4. The highest BCUT2D eigenvalue weighted by molar-refractivity contribution is 7.99. The molecule has 8 heteroatoms. The third-order valence-electron chi connectivity index (χ3n) is 3.38. The largest absolute Gasteiger partial charge is 0.467 e. The van der Waals surface area contributed by atoms with Gasteiger partial charge in [-0.15, -0.1) is 5.10 Å². The molecule has 3 aromatic rings. The van der Waals surface area contributed by atoms with Crippen LogP contribution in [0.5, 0.6) is 0 Å². The number of hydrogen-bond acceptors (Lipinski definition) is 6. The van der Waals surface area contributed by atoms with Crippen LogP contribution < -0.4 is 5.32 Å². The van der Waals surface area contributed by atoms with E-state index in [4.69, 9.17) is 4.42 Å². The number of aryl methyl sites for hydroxylation is 2. The summed E-state index contributed by atoms with van der Waals surface area (Å²) >= 11 is 1.29. The number of amides is 1. The lowest BCUT2D eigenvalue weighted by Crippen LogP contribution is -2.15. The van der Waals surface area contributed by atoms with Gasteiger partial charge in [0.25, 0.3) is 0 Å². The van der Waals surface area contributed by atoms with Crippen molar-refractivity contribution in [1.29, 1.82) is 0 Å². The minimum atomic E-state index is -0.0961. The topological polar surface area (TPSA) is 85.8 Å². The predicted octanol–water partition coefficient (Wildman–Crippen LogP) is 2.66. The molecule has 0 fully saturated rings. The van der Waals surface area contributed by atoms with E-state index in [1.54, 1.807) is 10.9 Å². The molecular formula is C16H17N5O2S. The van der Waals surface area contributed by atoms with Crippen LogP contribution in [0.1, 0.15) is 16.9 Å². The van der Waals surface area contributed by atoms with Crippen molar-refractivity contribution in [2.24, 2.45) is 0 Å².